The van der Waals surface area contributed by atoms with Gasteiger partial charge in [-0.25, -0.2) is 0 Å². The van der Waals surface area contributed by atoms with Gasteiger partial charge in [0, 0.05) is 17.0 Å². The average Bonchev–Trinajstić information content (AvgIpc) is 2.70. The molecule has 0 fully saturated rings. The number of rotatable bonds is 4. The highest BCUT2D eigenvalue weighted by Crippen LogP contribution is 2.38. The molecule has 0 spiro atoms. The molecule has 1 aromatic carbocycles. The summed E-state index contributed by atoms with van der Waals surface area (Å²) in [5.41, 5.74) is 2.23. The quantitative estimate of drug-likeness (QED) is 0.422. The Morgan fingerprint density at radius 1 is 1.42 bits per heavy atom. The Morgan fingerprint density at radius 2 is 2.05 bits per heavy atom. The van der Waals surface area contributed by atoms with Crippen LogP contribution in [0.15, 0.2) is 29.6 Å². The Labute approximate surface area is 128 Å². The van der Waals surface area contributed by atoms with E-state index in [-0.39, 0.29) is 10.5 Å². The molecule has 100 valence electrons. The minimum absolute atomic E-state index is 0.111. The smallest absolute Gasteiger partial charge is 0.258 e. The molecule has 19 heavy (non-hydrogen) atoms. The molecule has 0 aliphatic rings. The van der Waals surface area contributed by atoms with Crippen LogP contribution in [0.2, 0.25) is 5.02 Å². The Balaban J connectivity index is 2.12. The molecule has 0 saturated carbocycles. The molecule has 2 aromatic rings. The summed E-state index contributed by atoms with van der Waals surface area (Å²) in [7, 11) is 0. The van der Waals surface area contributed by atoms with Crippen LogP contribution in [-0.4, -0.2) is 4.92 Å². The van der Waals surface area contributed by atoms with Gasteiger partial charge in [0.05, 0.1) is 14.8 Å². The maximum absolute atomic E-state index is 10.6. The Hall–Kier alpha value is -0.910. The average molecular weight is 361 g/mol. The first-order valence-electron chi connectivity index (χ1n) is 5.60. The summed E-state index contributed by atoms with van der Waals surface area (Å²) in [6, 6.07) is 6.61. The van der Waals surface area contributed by atoms with E-state index < -0.39 is 4.92 Å². The maximum Gasteiger partial charge on any atom is 0.269 e. The van der Waals surface area contributed by atoms with Crippen molar-refractivity contribution in [1.29, 1.82) is 0 Å². The summed E-state index contributed by atoms with van der Waals surface area (Å²) in [6.45, 7) is 1.98. The second kappa shape index (κ2) is 6.03. The minimum atomic E-state index is -0.394. The maximum atomic E-state index is 10.6. The van der Waals surface area contributed by atoms with Crippen molar-refractivity contribution in [2.24, 2.45) is 0 Å². The number of thiophene rings is 1. The fraction of sp³-hybridized carbons (Fsp3) is 0.231. The summed E-state index contributed by atoms with van der Waals surface area (Å²) in [6.07, 6.45) is 0.748. The Bertz CT molecular complexity index is 597. The lowest BCUT2D eigenvalue weighted by molar-refractivity contribution is -0.384. The summed E-state index contributed by atoms with van der Waals surface area (Å²) in [4.78, 5) is 11.4. The second-order valence-corrected chi connectivity index (χ2v) is 6.59. The third kappa shape index (κ3) is 3.35. The molecule has 6 heteroatoms. The largest absolute Gasteiger partial charge is 0.269 e. The SMILES string of the molecule is Cc1csc(C(Br)Cc2ccc([N+](=O)[O-])cc2)c1Cl. The summed E-state index contributed by atoms with van der Waals surface area (Å²) in [5, 5.41) is 13.4. The molecule has 0 radical (unpaired) electrons. The van der Waals surface area contributed by atoms with E-state index in [1.165, 1.54) is 12.1 Å². The molecule has 0 aliphatic heterocycles. The molecule has 1 unspecified atom stereocenters. The first kappa shape index (κ1) is 14.5. The van der Waals surface area contributed by atoms with E-state index in [2.05, 4.69) is 15.9 Å². The fourth-order valence-corrected chi connectivity index (χ4v) is 4.07. The Morgan fingerprint density at radius 3 is 2.53 bits per heavy atom. The van der Waals surface area contributed by atoms with Gasteiger partial charge in [0.15, 0.2) is 0 Å². The van der Waals surface area contributed by atoms with Gasteiger partial charge in [0.1, 0.15) is 0 Å². The number of aryl methyl sites for hydroxylation is 1. The summed E-state index contributed by atoms with van der Waals surface area (Å²) >= 11 is 11.5. The number of nitrogens with zero attached hydrogens (tertiary/aromatic N) is 1. The second-order valence-electron chi connectivity index (χ2n) is 4.19. The van der Waals surface area contributed by atoms with E-state index in [0.717, 1.165) is 27.4 Å². The number of halogens is 2. The highest BCUT2D eigenvalue weighted by atomic mass is 79.9. The van der Waals surface area contributed by atoms with Crippen LogP contribution in [0.4, 0.5) is 5.69 Å². The summed E-state index contributed by atoms with van der Waals surface area (Å²) < 4.78 is 0. The zero-order valence-electron chi connectivity index (χ0n) is 10.1. The number of hydrogen-bond donors (Lipinski definition) is 0. The van der Waals surface area contributed by atoms with E-state index in [1.54, 1.807) is 23.5 Å². The molecular formula is C13H11BrClNO2S. The fourth-order valence-electron chi connectivity index (χ4n) is 1.71. The molecule has 1 heterocycles. The first-order chi connectivity index (χ1) is 8.99. The van der Waals surface area contributed by atoms with Gasteiger partial charge in [-0.05, 0) is 29.9 Å². The van der Waals surface area contributed by atoms with Gasteiger partial charge in [-0.1, -0.05) is 39.7 Å². The lowest BCUT2D eigenvalue weighted by Crippen LogP contribution is -1.95. The van der Waals surface area contributed by atoms with Gasteiger partial charge < -0.3 is 0 Å². The van der Waals surface area contributed by atoms with Gasteiger partial charge in [-0.15, -0.1) is 11.3 Å². The van der Waals surface area contributed by atoms with Crippen LogP contribution < -0.4 is 0 Å². The molecule has 1 aromatic heterocycles. The van der Waals surface area contributed by atoms with Crippen LogP contribution >= 0.6 is 38.9 Å². The van der Waals surface area contributed by atoms with E-state index >= 15 is 0 Å². The molecule has 3 nitrogen and oxygen atoms in total. The van der Waals surface area contributed by atoms with E-state index in [9.17, 15) is 10.1 Å². The predicted octanol–water partition coefficient (Wildman–Crippen LogP) is 5.30. The van der Waals surface area contributed by atoms with Crippen molar-refractivity contribution in [1.82, 2.24) is 0 Å². The van der Waals surface area contributed by atoms with Crippen molar-refractivity contribution in [3.05, 3.63) is 60.8 Å². The zero-order valence-corrected chi connectivity index (χ0v) is 13.3. The van der Waals surface area contributed by atoms with Crippen molar-refractivity contribution in [2.45, 2.75) is 18.2 Å². The highest BCUT2D eigenvalue weighted by molar-refractivity contribution is 9.09. The molecule has 0 N–H and O–H groups in total. The molecule has 0 aliphatic carbocycles. The van der Waals surface area contributed by atoms with Crippen molar-refractivity contribution in [3.63, 3.8) is 0 Å². The predicted molar refractivity (Wildman–Crippen MR) is 82.5 cm³/mol. The van der Waals surface area contributed by atoms with Gasteiger partial charge in [-0.3, -0.25) is 10.1 Å². The van der Waals surface area contributed by atoms with Crippen molar-refractivity contribution in [2.75, 3.05) is 0 Å². The summed E-state index contributed by atoms with van der Waals surface area (Å²) in [5.74, 6) is 0. The van der Waals surface area contributed by atoms with Gasteiger partial charge >= 0.3 is 0 Å². The minimum Gasteiger partial charge on any atom is -0.258 e. The van der Waals surface area contributed by atoms with Crippen LogP contribution in [0, 0.1) is 17.0 Å². The number of nitro benzene ring substituents is 1. The first-order valence-corrected chi connectivity index (χ1v) is 7.77. The van der Waals surface area contributed by atoms with E-state index in [4.69, 9.17) is 11.6 Å². The van der Waals surface area contributed by atoms with Gasteiger partial charge in [0.2, 0.25) is 0 Å². The molecular weight excluding hydrogens is 350 g/mol. The lowest BCUT2D eigenvalue weighted by Gasteiger charge is -2.08. The van der Waals surface area contributed by atoms with Crippen molar-refractivity contribution >= 4 is 44.6 Å². The standard InChI is InChI=1S/C13H11BrClNO2S/c1-8-7-19-13(12(8)15)11(14)6-9-2-4-10(5-3-9)16(17)18/h2-5,7,11H,6H2,1H3. The van der Waals surface area contributed by atoms with Crippen LogP contribution in [0.5, 0.6) is 0 Å². The number of benzene rings is 1. The van der Waals surface area contributed by atoms with Crippen molar-refractivity contribution in [3.8, 4) is 0 Å². The third-order valence-electron chi connectivity index (χ3n) is 2.77. The van der Waals surface area contributed by atoms with Gasteiger partial charge in [-0.2, -0.15) is 0 Å². The zero-order chi connectivity index (χ0) is 14.0. The van der Waals surface area contributed by atoms with Crippen LogP contribution in [0.1, 0.15) is 20.8 Å². The number of alkyl halides is 1. The Kier molecular flexibility index (Phi) is 4.60. The monoisotopic (exact) mass is 359 g/mol. The van der Waals surface area contributed by atoms with Crippen LogP contribution in [0.3, 0.4) is 0 Å². The lowest BCUT2D eigenvalue weighted by atomic mass is 10.1. The third-order valence-corrected chi connectivity index (χ3v) is 5.68. The normalized spacial score (nSPS) is 12.4. The molecule has 0 bridgehead atoms. The molecule has 0 amide bonds. The number of nitro groups is 1. The van der Waals surface area contributed by atoms with E-state index in [1.807, 2.05) is 12.3 Å². The highest BCUT2D eigenvalue weighted by Gasteiger charge is 2.16. The van der Waals surface area contributed by atoms with E-state index in [0.29, 0.717) is 0 Å². The number of non-ortho nitro benzene ring substituents is 1. The molecule has 1 atom stereocenters. The molecule has 2 rings (SSSR count). The molecule has 0 saturated heterocycles. The van der Waals surface area contributed by atoms with Gasteiger partial charge in [0.25, 0.3) is 5.69 Å². The topological polar surface area (TPSA) is 43.1 Å². The van der Waals surface area contributed by atoms with Crippen LogP contribution in [0.25, 0.3) is 0 Å². The van der Waals surface area contributed by atoms with Crippen LogP contribution in [-0.2, 0) is 6.42 Å². The van der Waals surface area contributed by atoms with Crippen molar-refractivity contribution < 1.29 is 4.92 Å². The number of hydrogen-bond acceptors (Lipinski definition) is 3.